The van der Waals surface area contributed by atoms with Crippen molar-refractivity contribution in [1.82, 2.24) is 0 Å². The highest BCUT2D eigenvalue weighted by molar-refractivity contribution is 7.99. The highest BCUT2D eigenvalue weighted by Gasteiger charge is 2.24. The zero-order valence-electron chi connectivity index (χ0n) is 12.6. The molecule has 2 aromatic carbocycles. The maximum absolute atomic E-state index is 11.9. The fourth-order valence-corrected chi connectivity index (χ4v) is 3.35. The van der Waals surface area contributed by atoms with E-state index in [-0.39, 0.29) is 0 Å². The molecule has 0 spiro atoms. The summed E-state index contributed by atoms with van der Waals surface area (Å²) in [4.78, 5) is 22.8. The van der Waals surface area contributed by atoms with Gasteiger partial charge in [-0.3, -0.25) is 10.1 Å². The summed E-state index contributed by atoms with van der Waals surface area (Å²) in [5.74, 6) is 0.573. The summed E-state index contributed by atoms with van der Waals surface area (Å²) >= 11 is 1.27. The van der Waals surface area contributed by atoms with Gasteiger partial charge in [0.05, 0.1) is 4.92 Å². The van der Waals surface area contributed by atoms with Crippen molar-refractivity contribution in [3.8, 4) is 0 Å². The van der Waals surface area contributed by atoms with Gasteiger partial charge in [-0.2, -0.15) is 0 Å². The number of nitrogens with zero attached hydrogens (tertiary/aromatic N) is 1. The van der Waals surface area contributed by atoms with E-state index in [4.69, 9.17) is 4.42 Å². The Labute approximate surface area is 141 Å². The maximum Gasteiger partial charge on any atom is 0.416 e. The van der Waals surface area contributed by atoms with Crippen LogP contribution in [0.25, 0.3) is 11.0 Å². The van der Waals surface area contributed by atoms with Gasteiger partial charge in [-0.1, -0.05) is 30.3 Å². The van der Waals surface area contributed by atoms with Gasteiger partial charge in [0.25, 0.3) is 0 Å². The van der Waals surface area contributed by atoms with Crippen LogP contribution in [0.1, 0.15) is 0 Å². The number of anilines is 1. The Morgan fingerprint density at radius 1 is 1.08 bits per heavy atom. The summed E-state index contributed by atoms with van der Waals surface area (Å²) in [5, 5.41) is 15.1. The van der Waals surface area contributed by atoms with Crippen molar-refractivity contribution < 1.29 is 9.34 Å². The number of hydrogen-bond donors (Lipinski definition) is 1. The molecule has 0 amide bonds. The Morgan fingerprint density at radius 3 is 2.54 bits per heavy atom. The third-order valence-corrected chi connectivity index (χ3v) is 4.49. The number of nitro groups is 1. The number of hydrogen-bond acceptors (Lipinski definition) is 6. The first-order valence-corrected chi connectivity index (χ1v) is 8.27. The maximum atomic E-state index is 11.9. The van der Waals surface area contributed by atoms with Gasteiger partial charge >= 0.3 is 11.3 Å². The number of thioether (sulfide) groups is 1. The monoisotopic (exact) mass is 342 g/mol. The third-order valence-electron chi connectivity index (χ3n) is 3.38. The van der Waals surface area contributed by atoms with Crippen molar-refractivity contribution in [2.24, 2.45) is 0 Å². The van der Waals surface area contributed by atoms with E-state index in [9.17, 15) is 14.9 Å². The van der Waals surface area contributed by atoms with Crippen LogP contribution in [0.5, 0.6) is 0 Å². The SMILES string of the molecule is O=c1oc2ccccc2c(SCCNc2ccccc2)c1[N+](=O)[O-]. The Morgan fingerprint density at radius 2 is 1.79 bits per heavy atom. The zero-order valence-corrected chi connectivity index (χ0v) is 13.4. The molecular formula is C17H14N2O4S. The standard InChI is InChI=1S/C17H14N2O4S/c20-17-15(19(21)22)16(13-8-4-5-9-14(13)23-17)24-11-10-18-12-6-2-1-3-7-12/h1-9,18H,10-11H2. The first kappa shape index (κ1) is 16.1. The fourth-order valence-electron chi connectivity index (χ4n) is 2.32. The summed E-state index contributed by atoms with van der Waals surface area (Å²) in [7, 11) is 0. The number of fused-ring (bicyclic) bond motifs is 1. The minimum absolute atomic E-state index is 0.349. The molecule has 0 saturated heterocycles. The molecule has 24 heavy (non-hydrogen) atoms. The molecule has 1 aromatic heterocycles. The zero-order chi connectivity index (χ0) is 16.9. The molecule has 0 unspecified atom stereocenters. The molecule has 0 fully saturated rings. The molecule has 3 rings (SSSR count). The number of benzene rings is 2. The molecule has 0 bridgehead atoms. The Balaban J connectivity index is 1.83. The van der Waals surface area contributed by atoms with Crippen LogP contribution in [0.15, 0.2) is 68.7 Å². The second-order valence-electron chi connectivity index (χ2n) is 4.96. The quantitative estimate of drug-likeness (QED) is 0.240. The summed E-state index contributed by atoms with van der Waals surface area (Å²) < 4.78 is 5.04. The molecule has 0 aliphatic heterocycles. The van der Waals surface area contributed by atoms with E-state index < -0.39 is 16.2 Å². The van der Waals surface area contributed by atoms with E-state index in [1.54, 1.807) is 24.3 Å². The molecular weight excluding hydrogens is 328 g/mol. The van der Waals surface area contributed by atoms with Crippen molar-refractivity contribution >= 4 is 34.1 Å². The van der Waals surface area contributed by atoms with E-state index in [1.165, 1.54) is 11.8 Å². The van der Waals surface area contributed by atoms with E-state index in [0.717, 1.165) is 5.69 Å². The first-order valence-electron chi connectivity index (χ1n) is 7.29. The molecule has 0 saturated carbocycles. The second kappa shape index (κ2) is 7.18. The molecule has 122 valence electrons. The average molecular weight is 342 g/mol. The van der Waals surface area contributed by atoms with E-state index in [2.05, 4.69) is 5.32 Å². The molecule has 0 aliphatic rings. The number of nitrogens with one attached hydrogen (secondary N) is 1. The predicted octanol–water partition coefficient (Wildman–Crippen LogP) is 3.91. The van der Waals surface area contributed by atoms with E-state index in [0.29, 0.717) is 28.2 Å². The first-order chi connectivity index (χ1) is 11.7. The minimum Gasteiger partial charge on any atom is -0.418 e. The van der Waals surface area contributed by atoms with Crippen LogP contribution in [-0.2, 0) is 0 Å². The van der Waals surface area contributed by atoms with Crippen LogP contribution in [0.2, 0.25) is 0 Å². The smallest absolute Gasteiger partial charge is 0.416 e. The normalized spacial score (nSPS) is 10.7. The lowest BCUT2D eigenvalue weighted by Crippen LogP contribution is -2.10. The van der Waals surface area contributed by atoms with Gasteiger partial charge in [0.2, 0.25) is 0 Å². The van der Waals surface area contributed by atoms with Crippen LogP contribution in [-0.4, -0.2) is 17.2 Å². The van der Waals surface area contributed by atoms with Crippen LogP contribution in [0.4, 0.5) is 11.4 Å². The van der Waals surface area contributed by atoms with Gasteiger partial charge in [-0.15, -0.1) is 11.8 Å². The van der Waals surface area contributed by atoms with Gasteiger partial charge in [0.1, 0.15) is 10.5 Å². The van der Waals surface area contributed by atoms with Crippen molar-refractivity contribution in [2.45, 2.75) is 4.90 Å². The fraction of sp³-hybridized carbons (Fsp3) is 0.118. The van der Waals surface area contributed by atoms with E-state index in [1.807, 2.05) is 30.3 Å². The average Bonchev–Trinajstić information content (AvgIpc) is 2.58. The van der Waals surface area contributed by atoms with Gasteiger partial charge in [-0.25, -0.2) is 4.79 Å². The largest absolute Gasteiger partial charge is 0.418 e. The van der Waals surface area contributed by atoms with Crippen LogP contribution in [0, 0.1) is 10.1 Å². The van der Waals surface area contributed by atoms with Crippen molar-refractivity contribution in [1.29, 1.82) is 0 Å². The lowest BCUT2D eigenvalue weighted by atomic mass is 10.2. The summed E-state index contributed by atoms with van der Waals surface area (Å²) in [5.41, 5.74) is -0.0905. The molecule has 1 N–H and O–H groups in total. The number of rotatable bonds is 6. The van der Waals surface area contributed by atoms with Crippen LogP contribution >= 0.6 is 11.8 Å². The van der Waals surface area contributed by atoms with Gasteiger partial charge < -0.3 is 9.73 Å². The second-order valence-corrected chi connectivity index (χ2v) is 6.07. The minimum atomic E-state index is -0.919. The Bertz CT molecular complexity index is 925. The molecule has 0 aliphatic carbocycles. The third kappa shape index (κ3) is 3.41. The lowest BCUT2D eigenvalue weighted by molar-refractivity contribution is -0.390. The molecule has 0 atom stereocenters. The van der Waals surface area contributed by atoms with Crippen LogP contribution in [0.3, 0.4) is 0 Å². The van der Waals surface area contributed by atoms with Gasteiger partial charge in [0.15, 0.2) is 0 Å². The highest BCUT2D eigenvalue weighted by atomic mass is 32.2. The lowest BCUT2D eigenvalue weighted by Gasteiger charge is -2.08. The highest BCUT2D eigenvalue weighted by Crippen LogP contribution is 2.33. The Hall–Kier alpha value is -2.80. The van der Waals surface area contributed by atoms with Crippen molar-refractivity contribution in [3.05, 3.63) is 75.1 Å². The predicted molar refractivity (Wildman–Crippen MR) is 94.8 cm³/mol. The van der Waals surface area contributed by atoms with Crippen LogP contribution < -0.4 is 10.9 Å². The summed E-state index contributed by atoms with van der Waals surface area (Å²) in [6, 6.07) is 16.5. The molecule has 6 nitrogen and oxygen atoms in total. The topological polar surface area (TPSA) is 85.4 Å². The Kier molecular flexibility index (Phi) is 4.81. The molecule has 1 heterocycles. The van der Waals surface area contributed by atoms with Crippen molar-refractivity contribution in [3.63, 3.8) is 0 Å². The van der Waals surface area contributed by atoms with Gasteiger partial charge in [0, 0.05) is 23.4 Å². The molecule has 0 radical (unpaired) electrons. The molecule has 7 heteroatoms. The van der Waals surface area contributed by atoms with Gasteiger partial charge in [-0.05, 0) is 24.3 Å². The summed E-state index contributed by atoms with van der Waals surface area (Å²) in [6.45, 7) is 0.611. The molecule has 3 aromatic rings. The van der Waals surface area contributed by atoms with E-state index >= 15 is 0 Å². The summed E-state index contributed by atoms with van der Waals surface area (Å²) in [6.07, 6.45) is 0. The van der Waals surface area contributed by atoms with Crippen molar-refractivity contribution in [2.75, 3.05) is 17.6 Å². The number of para-hydroxylation sites is 2.